The number of amides is 1. The molecular weight excluding hydrogens is 479 g/mol. The Kier molecular flexibility index (Phi) is 6.20. The zero-order chi connectivity index (χ0) is 25.4. The van der Waals surface area contributed by atoms with Crippen LogP contribution in [0.2, 0.25) is 0 Å². The number of aryl methyl sites for hydroxylation is 2. The van der Waals surface area contributed by atoms with Crippen molar-refractivity contribution < 1.29 is 13.4 Å². The van der Waals surface area contributed by atoms with E-state index in [-0.39, 0.29) is 28.0 Å². The molecule has 2 aromatic heterocycles. The number of aromatic nitrogens is 2. The van der Waals surface area contributed by atoms with Crippen molar-refractivity contribution in [2.24, 2.45) is 7.05 Å². The monoisotopic (exact) mass is 504 g/mol. The van der Waals surface area contributed by atoms with Crippen LogP contribution in [0, 0.1) is 22.1 Å². The van der Waals surface area contributed by atoms with Gasteiger partial charge in [-0.3, -0.25) is 4.79 Å². The third kappa shape index (κ3) is 4.67. The number of benzene rings is 1. The normalized spacial score (nSPS) is 20.6. The smallest absolute Gasteiger partial charge is 0.272 e. The van der Waals surface area contributed by atoms with Gasteiger partial charge in [0.25, 0.3) is 5.91 Å². The number of nitriles is 1. The molecule has 0 saturated heterocycles. The summed E-state index contributed by atoms with van der Waals surface area (Å²) in [7, 11) is -1.72. The van der Waals surface area contributed by atoms with E-state index in [1.54, 1.807) is 19.3 Å². The summed E-state index contributed by atoms with van der Waals surface area (Å²) in [4.78, 5) is 16.9. The lowest BCUT2D eigenvalue weighted by molar-refractivity contribution is 0.101. The Morgan fingerprint density at radius 3 is 3.00 bits per heavy atom. The molecule has 1 aliphatic carbocycles. The maximum atomic E-state index is 13.7. The molecule has 2 aliphatic rings. The van der Waals surface area contributed by atoms with Gasteiger partial charge >= 0.3 is 0 Å². The van der Waals surface area contributed by atoms with E-state index in [0.29, 0.717) is 24.8 Å². The standard InChI is InChI=1S/C26H25FN6O2S/c1-33-15-23-22(25(33)26(34)31-20-12-21(14-28)30-24(27)13-20)9-8-19(32-36(23,29)35)11-16-6-7-17-4-2-3-5-18(17)10-16/h2,4,6-7,10,12-13,15,19H,3,5,8-9,11H2,1H3,(H2,29,32,35)(H,30,31,34)/t19-,36?/m0/s1. The van der Waals surface area contributed by atoms with Crippen LogP contribution in [0.5, 0.6) is 0 Å². The summed E-state index contributed by atoms with van der Waals surface area (Å²) < 4.78 is 40.4. The lowest BCUT2D eigenvalue weighted by Crippen LogP contribution is -2.34. The molecule has 1 aliphatic heterocycles. The Balaban J connectivity index is 1.40. The third-order valence-electron chi connectivity index (χ3n) is 6.58. The molecule has 184 valence electrons. The minimum Gasteiger partial charge on any atom is -0.345 e. The van der Waals surface area contributed by atoms with Crippen LogP contribution in [-0.4, -0.2) is 25.7 Å². The van der Waals surface area contributed by atoms with Gasteiger partial charge in [0.2, 0.25) is 5.95 Å². The Bertz CT molecular complexity index is 1550. The number of carbonyl (C=O) groups excluding carboxylic acids is 1. The number of pyridine rings is 1. The number of allylic oxidation sites excluding steroid dienone is 1. The quantitative estimate of drug-likeness (QED) is 0.463. The summed E-state index contributed by atoms with van der Waals surface area (Å²) in [5.41, 5.74) is 4.37. The molecule has 0 radical (unpaired) electrons. The molecule has 8 nitrogen and oxygen atoms in total. The molecule has 1 unspecified atom stereocenters. The molecule has 2 atom stereocenters. The van der Waals surface area contributed by atoms with Crippen molar-refractivity contribution >= 4 is 27.6 Å². The van der Waals surface area contributed by atoms with Crippen molar-refractivity contribution in [1.82, 2.24) is 14.3 Å². The van der Waals surface area contributed by atoms with E-state index in [2.05, 4.69) is 45.4 Å². The number of rotatable bonds is 4. The van der Waals surface area contributed by atoms with Crippen LogP contribution in [0.25, 0.3) is 6.08 Å². The fraction of sp³-hybridized carbons (Fsp3) is 0.269. The molecule has 3 aromatic rings. The number of fused-ring (bicyclic) bond motifs is 2. The largest absolute Gasteiger partial charge is 0.345 e. The maximum Gasteiger partial charge on any atom is 0.272 e. The van der Waals surface area contributed by atoms with Gasteiger partial charge in [-0.15, -0.1) is 0 Å². The summed E-state index contributed by atoms with van der Waals surface area (Å²) in [6, 6.07) is 10.2. The minimum atomic E-state index is -3.37. The minimum absolute atomic E-state index is 0.0949. The van der Waals surface area contributed by atoms with Crippen molar-refractivity contribution in [2.45, 2.75) is 43.0 Å². The molecule has 0 spiro atoms. The fourth-order valence-corrected chi connectivity index (χ4v) is 6.62. The van der Waals surface area contributed by atoms with E-state index in [9.17, 15) is 13.4 Å². The highest BCUT2D eigenvalue weighted by Crippen LogP contribution is 2.30. The predicted octanol–water partition coefficient (Wildman–Crippen LogP) is 4.11. The number of nitrogens with one attached hydrogen (secondary N) is 3. The van der Waals surface area contributed by atoms with E-state index < -0.39 is 21.8 Å². The first-order valence-electron chi connectivity index (χ1n) is 11.6. The summed E-state index contributed by atoms with van der Waals surface area (Å²) in [5, 5.41) is 11.6. The van der Waals surface area contributed by atoms with Gasteiger partial charge in [-0.1, -0.05) is 30.4 Å². The van der Waals surface area contributed by atoms with Gasteiger partial charge in [-0.2, -0.15) is 9.65 Å². The highest BCUT2D eigenvalue weighted by Gasteiger charge is 2.31. The van der Waals surface area contributed by atoms with Gasteiger partial charge in [-0.25, -0.2) is 18.7 Å². The zero-order valence-electron chi connectivity index (χ0n) is 19.7. The second kappa shape index (κ2) is 9.33. The number of nitrogens with zero attached hydrogens (tertiary/aromatic N) is 3. The SMILES string of the molecule is Cn1cc2c(c1C(=O)Nc1cc(F)nc(C#N)c1)CC[C@@H](Cc1ccc3c(c1)CCC=C3)NS2(=N)=O. The predicted molar refractivity (Wildman–Crippen MR) is 134 cm³/mol. The second-order valence-corrected chi connectivity index (χ2v) is 10.9. The average Bonchev–Trinajstić information content (AvgIpc) is 3.13. The lowest BCUT2D eigenvalue weighted by Gasteiger charge is -2.19. The summed E-state index contributed by atoms with van der Waals surface area (Å²) in [6.07, 6.45) is 9.53. The van der Waals surface area contributed by atoms with Crippen LogP contribution in [0.3, 0.4) is 0 Å². The van der Waals surface area contributed by atoms with Crippen LogP contribution in [0.4, 0.5) is 10.1 Å². The molecule has 10 heteroatoms. The molecule has 1 aromatic carbocycles. The van der Waals surface area contributed by atoms with Gasteiger partial charge in [0.15, 0.2) is 0 Å². The molecular formula is C26H25FN6O2S. The van der Waals surface area contributed by atoms with Crippen LogP contribution < -0.4 is 10.0 Å². The molecule has 3 N–H and O–H groups in total. The van der Waals surface area contributed by atoms with Crippen molar-refractivity contribution in [3.8, 4) is 6.07 Å². The van der Waals surface area contributed by atoms with Gasteiger partial charge in [0.1, 0.15) is 27.4 Å². The Morgan fingerprint density at radius 1 is 1.36 bits per heavy atom. The van der Waals surface area contributed by atoms with Crippen molar-refractivity contribution in [2.75, 3.05) is 5.32 Å². The van der Waals surface area contributed by atoms with Crippen molar-refractivity contribution in [3.63, 3.8) is 0 Å². The van der Waals surface area contributed by atoms with E-state index in [0.717, 1.165) is 24.5 Å². The first kappa shape index (κ1) is 23.9. The van der Waals surface area contributed by atoms with Crippen molar-refractivity contribution in [1.29, 1.82) is 10.0 Å². The van der Waals surface area contributed by atoms with E-state index in [4.69, 9.17) is 10.0 Å². The Labute approximate surface area is 209 Å². The fourth-order valence-electron chi connectivity index (χ4n) is 4.97. The summed E-state index contributed by atoms with van der Waals surface area (Å²) >= 11 is 0. The van der Waals surface area contributed by atoms with Gasteiger partial charge in [-0.05, 0) is 54.9 Å². The van der Waals surface area contributed by atoms with Crippen LogP contribution in [-0.2, 0) is 36.2 Å². The summed E-state index contributed by atoms with van der Waals surface area (Å²) in [6.45, 7) is 0. The molecule has 0 fully saturated rings. The lowest BCUT2D eigenvalue weighted by atomic mass is 9.92. The molecule has 1 amide bonds. The molecule has 0 bridgehead atoms. The number of halogens is 1. The third-order valence-corrected chi connectivity index (χ3v) is 8.22. The number of hydrogen-bond acceptors (Lipinski definition) is 5. The van der Waals surface area contributed by atoms with Crippen LogP contribution in [0.15, 0.2) is 47.5 Å². The maximum absolute atomic E-state index is 13.7. The topological polar surface area (TPSA) is 124 Å². The Morgan fingerprint density at radius 2 is 2.19 bits per heavy atom. The van der Waals surface area contributed by atoms with E-state index >= 15 is 0 Å². The van der Waals surface area contributed by atoms with Crippen LogP contribution in [0.1, 0.15) is 51.3 Å². The number of hydrogen-bond donors (Lipinski definition) is 3. The molecule has 0 saturated carbocycles. The van der Waals surface area contributed by atoms with E-state index in [1.807, 2.05) is 0 Å². The average molecular weight is 505 g/mol. The molecule has 3 heterocycles. The highest BCUT2D eigenvalue weighted by atomic mass is 32.2. The zero-order valence-corrected chi connectivity index (χ0v) is 20.5. The highest BCUT2D eigenvalue weighted by molar-refractivity contribution is 7.90. The second-order valence-electron chi connectivity index (χ2n) is 9.15. The van der Waals surface area contributed by atoms with Gasteiger partial charge in [0.05, 0.1) is 4.90 Å². The molecule has 36 heavy (non-hydrogen) atoms. The summed E-state index contributed by atoms with van der Waals surface area (Å²) in [5.74, 6) is -1.42. The number of carbonyl (C=O) groups is 1. The number of anilines is 1. The first-order chi connectivity index (χ1) is 17.2. The van der Waals surface area contributed by atoms with Gasteiger partial charge < -0.3 is 9.88 Å². The van der Waals surface area contributed by atoms with E-state index in [1.165, 1.54) is 21.8 Å². The Hall–Kier alpha value is -3.81. The first-order valence-corrected chi connectivity index (χ1v) is 13.2. The van der Waals surface area contributed by atoms with Crippen LogP contribution >= 0.6 is 0 Å². The van der Waals surface area contributed by atoms with Gasteiger partial charge in [0, 0.05) is 36.6 Å². The molecule has 5 rings (SSSR count). The van der Waals surface area contributed by atoms with Crippen molar-refractivity contribution in [3.05, 3.63) is 82.2 Å².